The van der Waals surface area contributed by atoms with Gasteiger partial charge in [-0.15, -0.1) is 11.3 Å². The first-order valence-electron chi connectivity index (χ1n) is 8.90. The van der Waals surface area contributed by atoms with Gasteiger partial charge >= 0.3 is 0 Å². The third-order valence-electron chi connectivity index (χ3n) is 4.10. The summed E-state index contributed by atoms with van der Waals surface area (Å²) >= 11 is 1.41. The fraction of sp³-hybridized carbons (Fsp3) is 0.421. The third-order valence-corrected chi connectivity index (χ3v) is 4.90. The normalized spacial score (nSPS) is 20.3. The van der Waals surface area contributed by atoms with Crippen LogP contribution in [0, 0.1) is 0 Å². The molecule has 1 saturated heterocycles. The Kier molecular flexibility index (Phi) is 6.20. The molecule has 1 aliphatic heterocycles. The number of morpholine rings is 1. The van der Waals surface area contributed by atoms with Gasteiger partial charge in [-0.2, -0.15) is 0 Å². The van der Waals surface area contributed by atoms with Gasteiger partial charge in [0.15, 0.2) is 5.13 Å². The van der Waals surface area contributed by atoms with Gasteiger partial charge in [-0.3, -0.25) is 19.8 Å². The quantitative estimate of drug-likeness (QED) is 0.823. The molecule has 0 spiro atoms. The molecule has 0 radical (unpaired) electrons. The van der Waals surface area contributed by atoms with Crippen molar-refractivity contribution in [3.8, 4) is 0 Å². The van der Waals surface area contributed by atoms with Crippen LogP contribution in [0.1, 0.15) is 36.8 Å². The fourth-order valence-electron chi connectivity index (χ4n) is 3.19. The first-order chi connectivity index (χ1) is 12.9. The molecule has 2 atom stereocenters. The van der Waals surface area contributed by atoms with Gasteiger partial charge in [0.1, 0.15) is 0 Å². The van der Waals surface area contributed by atoms with Crippen molar-refractivity contribution in [2.24, 2.45) is 0 Å². The zero-order valence-electron chi connectivity index (χ0n) is 15.7. The lowest BCUT2D eigenvalue weighted by atomic mass is 10.2. The summed E-state index contributed by atoms with van der Waals surface area (Å²) in [6.45, 7) is 8.07. The van der Waals surface area contributed by atoms with Crippen molar-refractivity contribution in [1.29, 1.82) is 0 Å². The molecule has 8 heteroatoms. The van der Waals surface area contributed by atoms with Crippen LogP contribution in [0.15, 0.2) is 29.6 Å². The molecule has 144 valence electrons. The topological polar surface area (TPSA) is 83.6 Å². The summed E-state index contributed by atoms with van der Waals surface area (Å²) in [7, 11) is 0. The van der Waals surface area contributed by atoms with E-state index in [0.717, 1.165) is 25.3 Å². The fourth-order valence-corrected chi connectivity index (χ4v) is 3.89. The lowest BCUT2D eigenvalue weighted by molar-refractivity contribution is -0.114. The van der Waals surface area contributed by atoms with Gasteiger partial charge in [0.05, 0.1) is 17.9 Å². The predicted octanol–water partition coefficient (Wildman–Crippen LogP) is 2.96. The maximum atomic E-state index is 12.5. The van der Waals surface area contributed by atoms with Gasteiger partial charge in [0.25, 0.3) is 5.91 Å². The summed E-state index contributed by atoms with van der Waals surface area (Å²) in [4.78, 5) is 30.5. The van der Waals surface area contributed by atoms with Gasteiger partial charge in [0.2, 0.25) is 5.91 Å². The second kappa shape index (κ2) is 8.60. The van der Waals surface area contributed by atoms with E-state index in [1.54, 1.807) is 24.3 Å². The summed E-state index contributed by atoms with van der Waals surface area (Å²) in [6.07, 6.45) is 0.421. The largest absolute Gasteiger partial charge is 0.373 e. The van der Waals surface area contributed by atoms with Gasteiger partial charge in [-0.05, 0) is 32.0 Å². The molecule has 1 fully saturated rings. The first kappa shape index (κ1) is 19.5. The number of aromatic nitrogens is 1. The molecule has 0 saturated carbocycles. The Morgan fingerprint density at radius 1 is 1.26 bits per heavy atom. The van der Waals surface area contributed by atoms with Crippen LogP contribution in [0.2, 0.25) is 0 Å². The van der Waals surface area contributed by atoms with Gasteiger partial charge in [0, 0.05) is 43.2 Å². The number of carbonyl (C=O) groups is 2. The van der Waals surface area contributed by atoms with Crippen LogP contribution < -0.4 is 10.6 Å². The minimum absolute atomic E-state index is 0.177. The summed E-state index contributed by atoms with van der Waals surface area (Å²) in [5.74, 6) is -0.430. The minimum atomic E-state index is -0.253. The van der Waals surface area contributed by atoms with Crippen molar-refractivity contribution in [2.75, 3.05) is 23.7 Å². The Balaban J connectivity index is 1.60. The van der Waals surface area contributed by atoms with Gasteiger partial charge < -0.3 is 10.1 Å². The highest BCUT2D eigenvalue weighted by Gasteiger charge is 2.22. The number of nitrogens with zero attached hydrogens (tertiary/aromatic N) is 2. The van der Waals surface area contributed by atoms with E-state index in [1.807, 2.05) is 5.38 Å². The molecule has 2 heterocycles. The number of rotatable bonds is 5. The molecule has 7 nitrogen and oxygen atoms in total. The monoisotopic (exact) mass is 388 g/mol. The molecule has 2 aromatic rings. The zero-order valence-corrected chi connectivity index (χ0v) is 16.5. The van der Waals surface area contributed by atoms with Crippen LogP contribution in [-0.2, 0) is 16.1 Å². The summed E-state index contributed by atoms with van der Waals surface area (Å²) in [5.41, 5.74) is 1.99. The Labute approximate surface area is 162 Å². The van der Waals surface area contributed by atoms with Crippen LogP contribution in [-0.4, -0.2) is 47.0 Å². The smallest absolute Gasteiger partial charge is 0.257 e. The number of hydrogen-bond acceptors (Lipinski definition) is 6. The van der Waals surface area contributed by atoms with E-state index < -0.39 is 0 Å². The van der Waals surface area contributed by atoms with Crippen LogP contribution in [0.3, 0.4) is 0 Å². The Hall–Kier alpha value is -2.29. The molecule has 0 aliphatic carbocycles. The molecule has 1 aliphatic rings. The van der Waals surface area contributed by atoms with Crippen LogP contribution in [0.5, 0.6) is 0 Å². The number of amides is 2. The molecule has 2 unspecified atom stereocenters. The average Bonchev–Trinajstić information content (AvgIpc) is 3.00. The van der Waals surface area contributed by atoms with Crippen LogP contribution in [0.25, 0.3) is 0 Å². The highest BCUT2D eigenvalue weighted by Crippen LogP contribution is 2.20. The van der Waals surface area contributed by atoms with E-state index in [-0.39, 0.29) is 24.0 Å². The summed E-state index contributed by atoms with van der Waals surface area (Å²) in [6, 6.07) is 6.81. The van der Waals surface area contributed by atoms with E-state index >= 15 is 0 Å². The van der Waals surface area contributed by atoms with E-state index in [1.165, 1.54) is 18.3 Å². The van der Waals surface area contributed by atoms with E-state index in [9.17, 15) is 9.59 Å². The van der Waals surface area contributed by atoms with Crippen molar-refractivity contribution in [3.05, 3.63) is 40.9 Å². The van der Waals surface area contributed by atoms with E-state index in [4.69, 9.17) is 4.74 Å². The highest BCUT2D eigenvalue weighted by molar-refractivity contribution is 7.13. The zero-order chi connectivity index (χ0) is 19.4. The number of carbonyl (C=O) groups excluding carboxylic acids is 2. The Bertz CT molecular complexity index is 813. The average molecular weight is 388 g/mol. The Morgan fingerprint density at radius 3 is 2.70 bits per heavy atom. The highest BCUT2D eigenvalue weighted by atomic mass is 32.1. The molecule has 2 amide bonds. The molecule has 1 aromatic carbocycles. The maximum absolute atomic E-state index is 12.5. The number of nitrogens with one attached hydrogen (secondary N) is 2. The van der Waals surface area contributed by atoms with Crippen molar-refractivity contribution in [2.45, 2.75) is 39.5 Å². The van der Waals surface area contributed by atoms with Crippen molar-refractivity contribution >= 4 is 34.0 Å². The number of hydrogen-bond donors (Lipinski definition) is 2. The molecular formula is C19H24N4O3S. The van der Waals surface area contributed by atoms with Crippen LogP contribution in [0.4, 0.5) is 10.8 Å². The number of anilines is 2. The molecule has 27 heavy (non-hydrogen) atoms. The van der Waals surface area contributed by atoms with Crippen molar-refractivity contribution < 1.29 is 14.3 Å². The second-order valence-corrected chi connectivity index (χ2v) is 7.67. The third kappa shape index (κ3) is 5.59. The van der Waals surface area contributed by atoms with E-state index in [0.29, 0.717) is 16.4 Å². The van der Waals surface area contributed by atoms with Crippen molar-refractivity contribution in [1.82, 2.24) is 9.88 Å². The first-order valence-corrected chi connectivity index (χ1v) is 9.78. The van der Waals surface area contributed by atoms with Gasteiger partial charge in [-0.1, -0.05) is 6.07 Å². The second-order valence-electron chi connectivity index (χ2n) is 6.81. The number of thiazole rings is 1. The predicted molar refractivity (Wildman–Crippen MR) is 106 cm³/mol. The maximum Gasteiger partial charge on any atom is 0.257 e. The number of ether oxygens (including phenoxy) is 1. The molecular weight excluding hydrogens is 364 g/mol. The molecule has 0 bridgehead atoms. The summed E-state index contributed by atoms with van der Waals surface area (Å²) in [5, 5.41) is 8.03. The molecule has 3 rings (SSSR count). The lowest BCUT2D eigenvalue weighted by Crippen LogP contribution is -2.44. The standard InChI is InChI=1S/C19H24N4O3S/c1-12-8-23(9-13(2)26-12)10-17-11-27-19(21-17)22-18(25)15-5-4-6-16(7-15)20-14(3)24/h4-7,11-13H,8-10H2,1-3H3,(H,20,24)(H,21,22,25). The Morgan fingerprint density at radius 2 is 2.00 bits per heavy atom. The van der Waals surface area contributed by atoms with E-state index in [2.05, 4.69) is 34.4 Å². The molecule has 2 N–H and O–H groups in total. The lowest BCUT2D eigenvalue weighted by Gasteiger charge is -2.34. The van der Waals surface area contributed by atoms with Crippen molar-refractivity contribution in [3.63, 3.8) is 0 Å². The molecule has 1 aromatic heterocycles. The SMILES string of the molecule is CC(=O)Nc1cccc(C(=O)Nc2nc(CN3CC(C)OC(C)C3)cs2)c1. The van der Waals surface area contributed by atoms with Crippen LogP contribution >= 0.6 is 11.3 Å². The van der Waals surface area contributed by atoms with Gasteiger partial charge in [-0.25, -0.2) is 4.98 Å². The minimum Gasteiger partial charge on any atom is -0.373 e. The number of benzene rings is 1. The summed E-state index contributed by atoms with van der Waals surface area (Å²) < 4.78 is 5.75.